The Balaban J connectivity index is 4.57. The summed E-state index contributed by atoms with van der Waals surface area (Å²) in [5, 5.41) is 0. The molecule has 0 radical (unpaired) electrons. The van der Waals surface area contributed by atoms with Crippen LogP contribution in [0.4, 0.5) is 0 Å². The molecule has 0 spiro atoms. The summed E-state index contributed by atoms with van der Waals surface area (Å²) in [7, 11) is 0. The first-order chi connectivity index (χ1) is 5.95. The van der Waals surface area contributed by atoms with Crippen LogP contribution in [0.5, 0.6) is 0 Å². The molecule has 0 aliphatic carbocycles. The van der Waals surface area contributed by atoms with Gasteiger partial charge >= 0.3 is 151 Å². The maximum atomic E-state index is 11.5. The monoisotopic (exact) mass is 1030 g/mol. The zero-order valence-corrected chi connectivity index (χ0v) is 26.8. The summed E-state index contributed by atoms with van der Waals surface area (Å²) >= 11 is -8.48. The minimum atomic E-state index is -4.25. The Bertz CT molecular complexity index is 199. The number of hydrogen-bond acceptors (Lipinski definition) is 7. The molecule has 0 bridgehead atoms. The molecule has 0 aromatic heterocycles. The van der Waals surface area contributed by atoms with E-state index in [1.165, 1.54) is 0 Å². The van der Waals surface area contributed by atoms with Crippen molar-refractivity contribution < 1.29 is 46.4 Å². The normalized spacial score (nSPS) is 12.6. The van der Waals surface area contributed by atoms with Gasteiger partial charge in [0.1, 0.15) is 0 Å². The first kappa shape index (κ1) is 17.3. The molecule has 0 aromatic carbocycles. The molecule has 0 amide bonds. The predicted molar refractivity (Wildman–Crippen MR) is 29.8 cm³/mol. The predicted octanol–water partition coefficient (Wildman–Crippen LogP) is -2.11. The SMILES string of the molecule is [O]=[V]([O][Tl])([O][Tl])[O][V](=[O])([O][Tl])[O][Tl]. The summed E-state index contributed by atoms with van der Waals surface area (Å²) in [6.07, 6.45) is 0. The molecule has 0 aromatic rings. The van der Waals surface area contributed by atoms with Gasteiger partial charge in [-0.05, 0) is 0 Å². The van der Waals surface area contributed by atoms with Gasteiger partial charge in [-0.2, -0.15) is 0 Å². The van der Waals surface area contributed by atoms with Crippen molar-refractivity contribution in [2.24, 2.45) is 0 Å². The maximum absolute atomic E-state index is 11.5. The molecule has 0 N–H and O–H groups in total. The van der Waals surface area contributed by atoms with Crippen LogP contribution in [-0.2, 0) is 46.4 Å². The second kappa shape index (κ2) is 8.37. The molecule has 0 unspecified atom stereocenters. The van der Waals surface area contributed by atoms with Crippen LogP contribution < -0.4 is 0 Å². The van der Waals surface area contributed by atoms with E-state index in [1.54, 1.807) is 0 Å². The van der Waals surface area contributed by atoms with Crippen molar-refractivity contribution in [3.63, 3.8) is 0 Å². The van der Waals surface area contributed by atoms with E-state index in [4.69, 9.17) is 2.59 Å². The molecule has 0 atom stereocenters. The van der Waals surface area contributed by atoms with Crippen LogP contribution in [0.3, 0.4) is 0 Å². The Morgan fingerprint density at radius 3 is 1.08 bits per heavy atom. The van der Waals surface area contributed by atoms with Crippen LogP contribution >= 0.6 is 0 Å². The van der Waals surface area contributed by atoms with Crippen molar-refractivity contribution in [2.45, 2.75) is 0 Å². The van der Waals surface area contributed by atoms with Crippen LogP contribution in [0, 0.1) is 0 Å². The summed E-state index contributed by atoms with van der Waals surface area (Å²) in [5.74, 6) is 0. The fraction of sp³-hybridized carbons (Fsp3) is 0. The third-order valence-corrected chi connectivity index (χ3v) is 22.1. The fourth-order valence-corrected chi connectivity index (χ4v) is 29.3. The average molecular weight is 1030 g/mol. The van der Waals surface area contributed by atoms with Gasteiger partial charge in [0, 0.05) is 0 Å². The van der Waals surface area contributed by atoms with Gasteiger partial charge in [-0.3, -0.25) is 0 Å². The van der Waals surface area contributed by atoms with Crippen LogP contribution in [0.25, 0.3) is 0 Å². The number of rotatable bonds is 6. The van der Waals surface area contributed by atoms with Crippen molar-refractivity contribution >= 4 is 105 Å². The molecule has 0 heterocycles. The van der Waals surface area contributed by atoms with Gasteiger partial charge < -0.3 is 0 Å². The summed E-state index contributed by atoms with van der Waals surface area (Å²) in [4.78, 5) is 0. The molecule has 0 saturated heterocycles. The quantitative estimate of drug-likeness (QED) is 0.283. The Kier molecular flexibility index (Phi) is 11.1. The Hall–Kier alpha value is 4.26. The number of hydrogen-bond donors (Lipinski definition) is 0. The van der Waals surface area contributed by atoms with E-state index in [1.807, 2.05) is 0 Å². The summed E-state index contributed by atoms with van der Waals surface area (Å²) in [6, 6.07) is 0. The molecule has 7 nitrogen and oxygen atoms in total. The van der Waals surface area contributed by atoms with Crippen LogP contribution in [0.15, 0.2) is 0 Å². The van der Waals surface area contributed by atoms with E-state index < -0.39 is 30.0 Å². The molecule has 0 rings (SSSR count). The molecule has 13 heavy (non-hydrogen) atoms. The van der Waals surface area contributed by atoms with Crippen LogP contribution in [0.2, 0.25) is 0 Å². The molecule has 13 heteroatoms. The minimum absolute atomic E-state index is 0.00537. The zero-order chi connectivity index (χ0) is 10.5. The van der Waals surface area contributed by atoms with E-state index in [-0.39, 0.29) is 105 Å². The fourth-order valence-electron chi connectivity index (χ4n) is 0.249. The van der Waals surface area contributed by atoms with E-state index in [0.717, 1.165) is 0 Å². The van der Waals surface area contributed by atoms with E-state index in [9.17, 15) is 7.35 Å². The second-order valence-electron chi connectivity index (χ2n) is 1.40. The molecule has 0 saturated carbocycles. The second-order valence-corrected chi connectivity index (χ2v) is 20.3. The van der Waals surface area contributed by atoms with Gasteiger partial charge in [-0.15, -0.1) is 0 Å². The molecule has 0 aliphatic heterocycles. The van der Waals surface area contributed by atoms with Gasteiger partial charge in [0.25, 0.3) is 0 Å². The molecular formula is O7Tl4V2. The summed E-state index contributed by atoms with van der Waals surface area (Å²) in [5.41, 5.74) is 0. The van der Waals surface area contributed by atoms with Crippen molar-refractivity contribution in [2.75, 3.05) is 0 Å². The molecule has 64 valence electrons. The average Bonchev–Trinajstić information content (AvgIpc) is 2.17. The van der Waals surface area contributed by atoms with E-state index in [2.05, 4.69) is 6.45 Å². The Morgan fingerprint density at radius 2 is 0.923 bits per heavy atom. The van der Waals surface area contributed by atoms with Crippen molar-refractivity contribution in [1.82, 2.24) is 0 Å². The van der Waals surface area contributed by atoms with Gasteiger partial charge in [0.2, 0.25) is 0 Å². The standard InChI is InChI=1S/7O.4Tl.2V. The first-order valence-electron chi connectivity index (χ1n) is 2.40. The van der Waals surface area contributed by atoms with Crippen LogP contribution in [-0.4, -0.2) is 105 Å². The van der Waals surface area contributed by atoms with E-state index >= 15 is 0 Å². The van der Waals surface area contributed by atoms with Gasteiger partial charge in [-0.1, -0.05) is 0 Å². The molecule has 0 aliphatic rings. The topological polar surface area (TPSA) is 80.3 Å². The first-order valence-corrected chi connectivity index (χ1v) is 14.3. The molecular weight excluding hydrogens is 1030 g/mol. The Morgan fingerprint density at radius 1 is 0.692 bits per heavy atom. The zero-order valence-electron chi connectivity index (χ0n) is 6.06. The summed E-state index contributed by atoms with van der Waals surface area (Å²) < 4.78 is 46.4. The van der Waals surface area contributed by atoms with Gasteiger partial charge in [0.15, 0.2) is 0 Å². The van der Waals surface area contributed by atoms with Crippen molar-refractivity contribution in [1.29, 1.82) is 0 Å². The third-order valence-electron chi connectivity index (χ3n) is 0.716. The van der Waals surface area contributed by atoms with Crippen molar-refractivity contribution in [3.05, 3.63) is 0 Å². The molecule has 0 fully saturated rings. The van der Waals surface area contributed by atoms with Crippen molar-refractivity contribution in [3.8, 4) is 0 Å². The third kappa shape index (κ3) is 6.67. The van der Waals surface area contributed by atoms with E-state index in [0.29, 0.717) is 0 Å². The van der Waals surface area contributed by atoms with Gasteiger partial charge in [-0.25, -0.2) is 0 Å². The Labute approximate surface area is 148 Å². The van der Waals surface area contributed by atoms with Gasteiger partial charge in [0.05, 0.1) is 0 Å². The van der Waals surface area contributed by atoms with Crippen LogP contribution in [0.1, 0.15) is 0 Å². The summed E-state index contributed by atoms with van der Waals surface area (Å²) in [6.45, 7) is 0.